The number of furan rings is 1. The third kappa shape index (κ3) is 3.59. The molecule has 0 saturated carbocycles. The lowest BCUT2D eigenvalue weighted by Crippen LogP contribution is -1.97. The topological polar surface area (TPSA) is 68.9 Å². The van der Waals surface area contributed by atoms with Crippen molar-refractivity contribution >= 4 is 37.8 Å². The summed E-state index contributed by atoms with van der Waals surface area (Å²) in [6, 6.07) is 5.18. The average Bonchev–Trinajstić information content (AvgIpc) is 2.80. The summed E-state index contributed by atoms with van der Waals surface area (Å²) in [6.07, 6.45) is 0. The Kier molecular flexibility index (Phi) is 4.95. The molecule has 0 spiro atoms. The maximum absolute atomic E-state index is 10.9. The summed E-state index contributed by atoms with van der Waals surface area (Å²) in [5.74, 6) is 0.560. The Balaban J connectivity index is 2.15. The average molecular weight is 420 g/mol. The second-order valence-electron chi connectivity index (χ2n) is 4.24. The first-order valence-corrected chi connectivity index (χ1v) is 7.49. The van der Waals surface area contributed by atoms with Crippen LogP contribution in [0, 0.1) is 6.92 Å². The third-order valence-corrected chi connectivity index (χ3v) is 3.98. The fourth-order valence-electron chi connectivity index (χ4n) is 1.76. The van der Waals surface area contributed by atoms with Gasteiger partial charge in [0.1, 0.15) is 23.9 Å². The van der Waals surface area contributed by atoms with Gasteiger partial charge in [-0.1, -0.05) is 0 Å². The number of aromatic carboxylic acids is 1. The van der Waals surface area contributed by atoms with Crippen LogP contribution in [0.4, 0.5) is 0 Å². The summed E-state index contributed by atoms with van der Waals surface area (Å²) in [4.78, 5) is 10.9. The van der Waals surface area contributed by atoms with Gasteiger partial charge in [-0.3, -0.25) is 0 Å². The van der Waals surface area contributed by atoms with E-state index in [2.05, 4.69) is 31.9 Å². The van der Waals surface area contributed by atoms with Crippen molar-refractivity contribution in [2.45, 2.75) is 13.5 Å². The molecule has 112 valence electrons. The van der Waals surface area contributed by atoms with Crippen molar-refractivity contribution in [2.24, 2.45) is 0 Å². The summed E-state index contributed by atoms with van der Waals surface area (Å²) in [5.41, 5.74) is 0.566. The van der Waals surface area contributed by atoms with Gasteiger partial charge in [0.05, 0.1) is 16.1 Å². The zero-order valence-corrected chi connectivity index (χ0v) is 14.4. The standard InChI is InChI=1S/C14H12Br2O5/c1-7-3-8(21-13(7)14(17)18)6-20-12-5-9(15)11(19-2)4-10(12)16/h3-5H,6H2,1-2H3,(H,17,18). The Hall–Kier alpha value is -1.47. The highest BCUT2D eigenvalue weighted by atomic mass is 79.9. The predicted molar refractivity (Wildman–Crippen MR) is 83.1 cm³/mol. The fraction of sp³-hybridized carbons (Fsp3) is 0.214. The van der Waals surface area contributed by atoms with E-state index in [1.165, 1.54) is 0 Å². The van der Waals surface area contributed by atoms with E-state index in [0.29, 0.717) is 22.8 Å². The largest absolute Gasteiger partial charge is 0.496 e. The lowest BCUT2D eigenvalue weighted by molar-refractivity contribution is 0.0657. The van der Waals surface area contributed by atoms with Crippen molar-refractivity contribution < 1.29 is 23.8 Å². The molecule has 2 aromatic rings. The number of halogens is 2. The van der Waals surface area contributed by atoms with Crippen LogP contribution in [-0.2, 0) is 6.61 Å². The van der Waals surface area contributed by atoms with Crippen molar-refractivity contribution in [1.29, 1.82) is 0 Å². The number of carboxylic acid groups (broad SMARTS) is 1. The molecule has 0 amide bonds. The lowest BCUT2D eigenvalue weighted by atomic mass is 10.2. The first-order chi connectivity index (χ1) is 9.92. The number of hydrogen-bond donors (Lipinski definition) is 1. The second-order valence-corrected chi connectivity index (χ2v) is 5.94. The first kappa shape index (κ1) is 15.9. The number of carboxylic acids is 1. The van der Waals surface area contributed by atoms with E-state index in [1.807, 2.05) is 0 Å². The summed E-state index contributed by atoms with van der Waals surface area (Å²) in [6.45, 7) is 1.81. The molecule has 0 aliphatic carbocycles. The van der Waals surface area contributed by atoms with Gasteiger partial charge in [0.15, 0.2) is 0 Å². The van der Waals surface area contributed by atoms with Gasteiger partial charge in [0, 0.05) is 5.56 Å². The minimum atomic E-state index is -1.09. The van der Waals surface area contributed by atoms with E-state index in [0.717, 1.165) is 8.95 Å². The van der Waals surface area contributed by atoms with E-state index in [-0.39, 0.29) is 12.4 Å². The molecule has 1 aromatic carbocycles. The minimum Gasteiger partial charge on any atom is -0.496 e. The highest BCUT2D eigenvalue weighted by Crippen LogP contribution is 2.36. The summed E-state index contributed by atoms with van der Waals surface area (Å²) in [7, 11) is 1.58. The zero-order chi connectivity index (χ0) is 15.6. The van der Waals surface area contributed by atoms with Crippen molar-refractivity contribution in [1.82, 2.24) is 0 Å². The highest BCUT2D eigenvalue weighted by molar-refractivity contribution is 9.11. The van der Waals surface area contributed by atoms with Gasteiger partial charge in [-0.15, -0.1) is 0 Å². The zero-order valence-electron chi connectivity index (χ0n) is 11.3. The number of carbonyl (C=O) groups is 1. The van der Waals surface area contributed by atoms with Gasteiger partial charge in [-0.2, -0.15) is 0 Å². The smallest absolute Gasteiger partial charge is 0.372 e. The predicted octanol–water partition coefficient (Wildman–Crippen LogP) is 4.40. The Morgan fingerprint density at radius 3 is 2.43 bits per heavy atom. The van der Waals surface area contributed by atoms with Gasteiger partial charge in [0.2, 0.25) is 5.76 Å². The van der Waals surface area contributed by atoms with Crippen LogP contribution >= 0.6 is 31.9 Å². The quantitative estimate of drug-likeness (QED) is 0.777. The van der Waals surface area contributed by atoms with Crippen LogP contribution in [-0.4, -0.2) is 18.2 Å². The fourth-order valence-corrected chi connectivity index (χ4v) is 2.68. The normalized spacial score (nSPS) is 10.5. The van der Waals surface area contributed by atoms with Crippen molar-refractivity contribution in [3.63, 3.8) is 0 Å². The second kappa shape index (κ2) is 6.53. The molecule has 0 unspecified atom stereocenters. The number of methoxy groups -OCH3 is 1. The van der Waals surface area contributed by atoms with Crippen molar-refractivity contribution in [2.75, 3.05) is 7.11 Å². The summed E-state index contributed by atoms with van der Waals surface area (Å²) >= 11 is 6.76. The lowest BCUT2D eigenvalue weighted by Gasteiger charge is -2.10. The van der Waals surface area contributed by atoms with E-state index in [9.17, 15) is 4.79 Å². The molecular weight excluding hydrogens is 408 g/mol. The Labute approximate surface area is 138 Å². The van der Waals surface area contributed by atoms with Crippen LogP contribution in [0.2, 0.25) is 0 Å². The van der Waals surface area contributed by atoms with E-state index >= 15 is 0 Å². The van der Waals surface area contributed by atoms with Crippen LogP contribution in [0.25, 0.3) is 0 Å². The van der Waals surface area contributed by atoms with Gasteiger partial charge in [-0.25, -0.2) is 4.79 Å². The molecule has 5 nitrogen and oxygen atoms in total. The number of ether oxygens (including phenoxy) is 2. The Morgan fingerprint density at radius 2 is 1.86 bits per heavy atom. The monoisotopic (exact) mass is 418 g/mol. The molecule has 0 aliphatic rings. The molecule has 1 N–H and O–H groups in total. The van der Waals surface area contributed by atoms with Gasteiger partial charge in [0.25, 0.3) is 0 Å². The maximum Gasteiger partial charge on any atom is 0.372 e. The van der Waals surface area contributed by atoms with E-state index in [4.69, 9.17) is 19.0 Å². The molecule has 0 bridgehead atoms. The number of aryl methyl sites for hydroxylation is 1. The summed E-state index contributed by atoms with van der Waals surface area (Å²) in [5, 5.41) is 8.94. The first-order valence-electron chi connectivity index (χ1n) is 5.90. The minimum absolute atomic E-state index is 0.0661. The molecule has 21 heavy (non-hydrogen) atoms. The number of rotatable bonds is 5. The van der Waals surface area contributed by atoms with Crippen molar-refractivity contribution in [3.8, 4) is 11.5 Å². The Bertz CT molecular complexity index is 678. The molecule has 0 radical (unpaired) electrons. The molecule has 0 saturated heterocycles. The molecule has 2 rings (SSSR count). The number of benzene rings is 1. The van der Waals surface area contributed by atoms with Crippen LogP contribution in [0.15, 0.2) is 31.6 Å². The molecule has 0 aliphatic heterocycles. The molecule has 0 fully saturated rings. The molecule has 1 heterocycles. The van der Waals surface area contributed by atoms with E-state index in [1.54, 1.807) is 32.2 Å². The SMILES string of the molecule is COc1cc(Br)c(OCc2cc(C)c(C(=O)O)o2)cc1Br. The molecule has 7 heteroatoms. The number of hydrogen-bond acceptors (Lipinski definition) is 4. The maximum atomic E-state index is 10.9. The molecule has 0 atom stereocenters. The molecular formula is C14H12Br2O5. The molecule has 1 aromatic heterocycles. The van der Waals surface area contributed by atoms with Crippen LogP contribution < -0.4 is 9.47 Å². The van der Waals surface area contributed by atoms with Gasteiger partial charge < -0.3 is 19.0 Å². The van der Waals surface area contributed by atoms with Crippen LogP contribution in [0.3, 0.4) is 0 Å². The summed E-state index contributed by atoms with van der Waals surface area (Å²) < 4.78 is 17.5. The van der Waals surface area contributed by atoms with Crippen molar-refractivity contribution in [3.05, 3.63) is 44.2 Å². The van der Waals surface area contributed by atoms with E-state index < -0.39 is 5.97 Å². The third-order valence-electron chi connectivity index (χ3n) is 2.74. The van der Waals surface area contributed by atoms with Crippen LogP contribution in [0.1, 0.15) is 21.9 Å². The van der Waals surface area contributed by atoms with Crippen LogP contribution in [0.5, 0.6) is 11.5 Å². The Morgan fingerprint density at radius 1 is 1.24 bits per heavy atom. The van der Waals surface area contributed by atoms with Gasteiger partial charge in [-0.05, 0) is 57.0 Å². The highest BCUT2D eigenvalue weighted by Gasteiger charge is 2.15. The van der Waals surface area contributed by atoms with Gasteiger partial charge >= 0.3 is 5.97 Å².